The highest BCUT2D eigenvalue weighted by molar-refractivity contribution is 5.54. The first kappa shape index (κ1) is 15.9. The molecule has 3 nitrogen and oxygen atoms in total. The summed E-state index contributed by atoms with van der Waals surface area (Å²) in [6.45, 7) is 3.65. The fourth-order valence-corrected chi connectivity index (χ4v) is 2.54. The minimum Gasteiger partial charge on any atom is -0.381 e. The minimum absolute atomic E-state index is 0.695. The standard InChI is InChI=1S/C21H23N3/c1-17-6-5-7-18(14-17)15-22-20-10-12-21(13-11-20)24-16-23-19-8-3-2-4-9-19/h2-14,22-24H,15-16H2,1H3. The van der Waals surface area contributed by atoms with E-state index in [1.807, 2.05) is 18.2 Å². The molecule has 0 saturated heterocycles. The van der Waals surface area contributed by atoms with Crippen molar-refractivity contribution in [2.75, 3.05) is 22.6 Å². The van der Waals surface area contributed by atoms with Crippen LogP contribution >= 0.6 is 0 Å². The summed E-state index contributed by atoms with van der Waals surface area (Å²) in [5.74, 6) is 0. The molecule has 3 aromatic carbocycles. The highest BCUT2D eigenvalue weighted by Gasteiger charge is 1.96. The Morgan fingerprint density at radius 1 is 0.625 bits per heavy atom. The molecule has 0 radical (unpaired) electrons. The van der Waals surface area contributed by atoms with E-state index in [2.05, 4.69) is 83.5 Å². The van der Waals surface area contributed by atoms with Gasteiger partial charge in [0.1, 0.15) is 0 Å². The predicted molar refractivity (Wildman–Crippen MR) is 104 cm³/mol. The van der Waals surface area contributed by atoms with Gasteiger partial charge in [-0.2, -0.15) is 0 Å². The van der Waals surface area contributed by atoms with E-state index >= 15 is 0 Å². The van der Waals surface area contributed by atoms with Gasteiger partial charge in [-0.15, -0.1) is 0 Å². The topological polar surface area (TPSA) is 36.1 Å². The Bertz CT molecular complexity index is 752. The summed E-state index contributed by atoms with van der Waals surface area (Å²) in [5.41, 5.74) is 5.92. The number of benzene rings is 3. The molecule has 0 atom stereocenters. The summed E-state index contributed by atoms with van der Waals surface area (Å²) in [5, 5.41) is 10.1. The van der Waals surface area contributed by atoms with Crippen molar-refractivity contribution in [2.24, 2.45) is 0 Å². The van der Waals surface area contributed by atoms with Gasteiger partial charge >= 0.3 is 0 Å². The van der Waals surface area contributed by atoms with Gasteiger partial charge < -0.3 is 16.0 Å². The van der Waals surface area contributed by atoms with Crippen molar-refractivity contribution in [3.63, 3.8) is 0 Å². The largest absolute Gasteiger partial charge is 0.381 e. The van der Waals surface area contributed by atoms with Gasteiger partial charge in [0.25, 0.3) is 0 Å². The van der Waals surface area contributed by atoms with Crippen LogP contribution in [0, 0.1) is 6.92 Å². The quantitative estimate of drug-likeness (QED) is 0.531. The van der Waals surface area contributed by atoms with Crippen molar-refractivity contribution in [3.05, 3.63) is 90.0 Å². The highest BCUT2D eigenvalue weighted by atomic mass is 15.1. The van der Waals surface area contributed by atoms with E-state index < -0.39 is 0 Å². The summed E-state index contributed by atoms with van der Waals surface area (Å²) in [6.07, 6.45) is 0. The van der Waals surface area contributed by atoms with Crippen LogP contribution in [-0.4, -0.2) is 6.67 Å². The van der Waals surface area contributed by atoms with E-state index in [4.69, 9.17) is 0 Å². The summed E-state index contributed by atoms with van der Waals surface area (Å²) < 4.78 is 0. The van der Waals surface area contributed by atoms with E-state index in [0.29, 0.717) is 6.67 Å². The van der Waals surface area contributed by atoms with Crippen LogP contribution in [0.5, 0.6) is 0 Å². The van der Waals surface area contributed by atoms with Crippen LogP contribution < -0.4 is 16.0 Å². The monoisotopic (exact) mass is 317 g/mol. The zero-order chi connectivity index (χ0) is 16.6. The Kier molecular flexibility index (Phi) is 5.36. The van der Waals surface area contributed by atoms with Crippen LogP contribution in [0.1, 0.15) is 11.1 Å². The predicted octanol–water partition coefficient (Wildman–Crippen LogP) is 5.09. The van der Waals surface area contributed by atoms with Crippen LogP contribution in [0.4, 0.5) is 17.1 Å². The summed E-state index contributed by atoms with van der Waals surface area (Å²) >= 11 is 0. The Hall–Kier alpha value is -2.94. The zero-order valence-electron chi connectivity index (χ0n) is 13.9. The zero-order valence-corrected chi connectivity index (χ0v) is 13.9. The van der Waals surface area contributed by atoms with E-state index in [1.54, 1.807) is 0 Å². The molecule has 3 aromatic rings. The molecule has 3 rings (SSSR count). The molecule has 3 N–H and O–H groups in total. The molecule has 0 aliphatic rings. The van der Waals surface area contributed by atoms with Crippen molar-refractivity contribution in [1.29, 1.82) is 0 Å². The number of hydrogen-bond donors (Lipinski definition) is 3. The Morgan fingerprint density at radius 3 is 1.92 bits per heavy atom. The molecular formula is C21H23N3. The van der Waals surface area contributed by atoms with Gasteiger partial charge in [-0.1, -0.05) is 48.0 Å². The van der Waals surface area contributed by atoms with Gasteiger partial charge in [0.05, 0.1) is 6.67 Å². The molecular weight excluding hydrogens is 294 g/mol. The number of nitrogens with one attached hydrogen (secondary N) is 3. The minimum atomic E-state index is 0.695. The second-order valence-corrected chi connectivity index (χ2v) is 5.82. The van der Waals surface area contributed by atoms with Crippen LogP contribution in [0.3, 0.4) is 0 Å². The fraction of sp³-hybridized carbons (Fsp3) is 0.143. The second-order valence-electron chi connectivity index (χ2n) is 5.82. The summed E-state index contributed by atoms with van der Waals surface area (Å²) in [6, 6.07) is 27.1. The SMILES string of the molecule is Cc1cccc(CNc2ccc(NCNc3ccccc3)cc2)c1. The molecule has 0 aliphatic heterocycles. The maximum Gasteiger partial charge on any atom is 0.0849 e. The lowest BCUT2D eigenvalue weighted by Crippen LogP contribution is -2.11. The van der Waals surface area contributed by atoms with E-state index in [0.717, 1.165) is 23.6 Å². The Balaban J connectivity index is 1.46. The molecule has 3 heteroatoms. The average Bonchev–Trinajstić information content (AvgIpc) is 2.62. The lowest BCUT2D eigenvalue weighted by Gasteiger charge is -2.11. The van der Waals surface area contributed by atoms with Crippen LogP contribution in [0.2, 0.25) is 0 Å². The molecule has 0 amide bonds. The number of para-hydroxylation sites is 1. The van der Waals surface area contributed by atoms with Crippen LogP contribution in [-0.2, 0) is 6.54 Å². The summed E-state index contributed by atoms with van der Waals surface area (Å²) in [4.78, 5) is 0. The van der Waals surface area contributed by atoms with Gasteiger partial charge in [-0.25, -0.2) is 0 Å². The third-order valence-electron chi connectivity index (χ3n) is 3.82. The molecule has 0 heterocycles. The van der Waals surface area contributed by atoms with E-state index in [-0.39, 0.29) is 0 Å². The van der Waals surface area contributed by atoms with Crippen LogP contribution in [0.15, 0.2) is 78.9 Å². The summed E-state index contributed by atoms with van der Waals surface area (Å²) in [7, 11) is 0. The van der Waals surface area contributed by atoms with Crippen molar-refractivity contribution in [2.45, 2.75) is 13.5 Å². The molecule has 0 bridgehead atoms. The van der Waals surface area contributed by atoms with E-state index in [1.165, 1.54) is 11.1 Å². The van der Waals surface area contributed by atoms with E-state index in [9.17, 15) is 0 Å². The van der Waals surface area contributed by atoms with Crippen molar-refractivity contribution < 1.29 is 0 Å². The van der Waals surface area contributed by atoms with Gasteiger partial charge in [0, 0.05) is 23.6 Å². The average molecular weight is 317 g/mol. The van der Waals surface area contributed by atoms with Crippen molar-refractivity contribution in [1.82, 2.24) is 0 Å². The fourth-order valence-electron chi connectivity index (χ4n) is 2.54. The van der Waals surface area contributed by atoms with Gasteiger partial charge in [-0.3, -0.25) is 0 Å². The Morgan fingerprint density at radius 2 is 1.25 bits per heavy atom. The maximum absolute atomic E-state index is 3.45. The third kappa shape index (κ3) is 4.78. The highest BCUT2D eigenvalue weighted by Crippen LogP contribution is 2.15. The number of hydrogen-bond acceptors (Lipinski definition) is 3. The molecule has 0 saturated carbocycles. The van der Waals surface area contributed by atoms with Gasteiger partial charge in [-0.05, 0) is 48.9 Å². The molecule has 0 fully saturated rings. The molecule has 0 aromatic heterocycles. The molecule has 122 valence electrons. The lowest BCUT2D eigenvalue weighted by atomic mass is 10.1. The first-order chi connectivity index (χ1) is 11.8. The first-order valence-corrected chi connectivity index (χ1v) is 8.22. The second kappa shape index (κ2) is 8.06. The normalized spacial score (nSPS) is 10.2. The van der Waals surface area contributed by atoms with Crippen molar-refractivity contribution >= 4 is 17.1 Å². The number of anilines is 3. The number of rotatable bonds is 7. The first-order valence-electron chi connectivity index (χ1n) is 8.22. The maximum atomic E-state index is 3.45. The van der Waals surface area contributed by atoms with Gasteiger partial charge in [0.15, 0.2) is 0 Å². The lowest BCUT2D eigenvalue weighted by molar-refractivity contribution is 1.14. The van der Waals surface area contributed by atoms with Gasteiger partial charge in [0.2, 0.25) is 0 Å². The molecule has 0 spiro atoms. The third-order valence-corrected chi connectivity index (χ3v) is 3.82. The smallest absolute Gasteiger partial charge is 0.0849 e. The molecule has 0 unspecified atom stereocenters. The number of aryl methyl sites for hydroxylation is 1. The molecule has 0 aliphatic carbocycles. The molecule has 24 heavy (non-hydrogen) atoms. The van der Waals surface area contributed by atoms with Crippen molar-refractivity contribution in [3.8, 4) is 0 Å². The van der Waals surface area contributed by atoms with Crippen LogP contribution in [0.25, 0.3) is 0 Å². The Labute approximate surface area is 143 Å².